The van der Waals surface area contributed by atoms with Crippen molar-refractivity contribution in [1.82, 2.24) is 9.78 Å². The Labute approximate surface area is 122 Å². The highest BCUT2D eigenvalue weighted by atomic mass is 16.5. The van der Waals surface area contributed by atoms with Gasteiger partial charge in [0.15, 0.2) is 0 Å². The molecule has 2 fully saturated rings. The maximum atomic E-state index is 5.86. The lowest BCUT2D eigenvalue weighted by Gasteiger charge is -2.24. The van der Waals surface area contributed by atoms with E-state index in [-0.39, 0.29) is 6.23 Å². The molecular formula is C17H23N2O. The smallest absolute Gasteiger partial charge is 0.150 e. The van der Waals surface area contributed by atoms with Crippen LogP contribution in [0.15, 0.2) is 0 Å². The van der Waals surface area contributed by atoms with Gasteiger partial charge >= 0.3 is 0 Å². The Balaban J connectivity index is 1.68. The molecule has 3 heteroatoms. The first-order valence-corrected chi connectivity index (χ1v) is 7.62. The molecule has 1 aliphatic carbocycles. The van der Waals surface area contributed by atoms with Crippen LogP contribution in [0.1, 0.15) is 48.9 Å². The van der Waals surface area contributed by atoms with Crippen molar-refractivity contribution in [3.05, 3.63) is 48.6 Å². The molecule has 1 unspecified atom stereocenters. The minimum Gasteiger partial charge on any atom is -0.357 e. The summed E-state index contributed by atoms with van der Waals surface area (Å²) < 4.78 is 7.97. The Kier molecular flexibility index (Phi) is 4.45. The third-order valence-corrected chi connectivity index (χ3v) is 4.30. The lowest BCUT2D eigenvalue weighted by atomic mass is 9.97. The molecule has 0 amide bonds. The Hall–Kier alpha value is -0.830. The van der Waals surface area contributed by atoms with Gasteiger partial charge in [-0.05, 0) is 83.1 Å². The average molecular weight is 271 g/mol. The van der Waals surface area contributed by atoms with Gasteiger partial charge in [-0.2, -0.15) is 5.10 Å². The minimum absolute atomic E-state index is 0.148. The maximum Gasteiger partial charge on any atom is 0.150 e. The molecule has 1 aliphatic heterocycles. The Morgan fingerprint density at radius 3 is 2.70 bits per heavy atom. The van der Waals surface area contributed by atoms with E-state index in [1.807, 2.05) is 0 Å². The number of hydrogen-bond donors (Lipinski definition) is 0. The largest absolute Gasteiger partial charge is 0.357 e. The van der Waals surface area contributed by atoms with E-state index >= 15 is 0 Å². The van der Waals surface area contributed by atoms with Gasteiger partial charge in [-0.3, -0.25) is 0 Å². The van der Waals surface area contributed by atoms with E-state index in [0.29, 0.717) is 0 Å². The van der Waals surface area contributed by atoms with Crippen molar-refractivity contribution >= 4 is 0 Å². The highest BCUT2D eigenvalue weighted by Gasteiger charge is 2.23. The summed E-state index contributed by atoms with van der Waals surface area (Å²) in [5.41, 5.74) is 3.82. The van der Waals surface area contributed by atoms with Crippen molar-refractivity contribution in [2.75, 3.05) is 6.61 Å². The zero-order chi connectivity index (χ0) is 13.9. The van der Waals surface area contributed by atoms with Gasteiger partial charge in [0.05, 0.1) is 5.69 Å². The molecule has 3 rings (SSSR count). The molecule has 1 atom stereocenters. The maximum absolute atomic E-state index is 5.86. The second kappa shape index (κ2) is 6.30. The van der Waals surface area contributed by atoms with Crippen molar-refractivity contribution in [2.24, 2.45) is 0 Å². The molecule has 20 heavy (non-hydrogen) atoms. The van der Waals surface area contributed by atoms with Crippen molar-refractivity contribution in [3.63, 3.8) is 0 Å². The third-order valence-electron chi connectivity index (χ3n) is 4.30. The van der Waals surface area contributed by atoms with Crippen LogP contribution in [0.4, 0.5) is 0 Å². The number of ether oxygens (including phenoxy) is 1. The second-order valence-corrected chi connectivity index (χ2v) is 5.71. The van der Waals surface area contributed by atoms with Gasteiger partial charge in [-0.1, -0.05) is 0 Å². The van der Waals surface area contributed by atoms with Crippen molar-refractivity contribution < 1.29 is 4.74 Å². The highest BCUT2D eigenvalue weighted by Crippen LogP contribution is 2.30. The number of aryl methyl sites for hydroxylation is 1. The fraction of sp³-hybridized carbons (Fsp3) is 0.529. The number of hydrogen-bond acceptors (Lipinski definition) is 2. The SMILES string of the molecule is Cc1nn(C2CCCCO2)c(C)c1CC[C]1[CH][CH][CH][CH]1. The van der Waals surface area contributed by atoms with Gasteiger partial charge in [0.25, 0.3) is 0 Å². The summed E-state index contributed by atoms with van der Waals surface area (Å²) in [6.07, 6.45) is 14.4. The van der Waals surface area contributed by atoms with Gasteiger partial charge in [0.2, 0.25) is 0 Å². The lowest BCUT2D eigenvalue weighted by molar-refractivity contribution is -0.0408. The summed E-state index contributed by atoms with van der Waals surface area (Å²) in [4.78, 5) is 0. The monoisotopic (exact) mass is 271 g/mol. The van der Waals surface area contributed by atoms with Crippen LogP contribution in [-0.2, 0) is 11.2 Å². The van der Waals surface area contributed by atoms with E-state index in [1.165, 1.54) is 30.0 Å². The van der Waals surface area contributed by atoms with E-state index in [1.54, 1.807) is 0 Å². The van der Waals surface area contributed by atoms with Crippen molar-refractivity contribution in [1.29, 1.82) is 0 Å². The quantitative estimate of drug-likeness (QED) is 0.837. The standard InChI is InChI=1S/C17H23N2O/c1-13-16(11-10-15-7-3-4-8-15)14(2)19(18-13)17-9-5-6-12-20-17/h3-4,7-8,17H,5-6,9-12H2,1-2H3. The Morgan fingerprint density at radius 1 is 1.20 bits per heavy atom. The van der Waals surface area contributed by atoms with Crippen molar-refractivity contribution in [2.45, 2.75) is 52.2 Å². The van der Waals surface area contributed by atoms with Gasteiger partial charge in [-0.25, -0.2) is 4.68 Å². The molecule has 0 N–H and O–H groups in total. The fourth-order valence-electron chi connectivity index (χ4n) is 3.11. The van der Waals surface area contributed by atoms with Crippen LogP contribution < -0.4 is 0 Å². The Bertz CT molecular complexity index is 440. The summed E-state index contributed by atoms with van der Waals surface area (Å²) in [6.45, 7) is 5.16. The van der Waals surface area contributed by atoms with E-state index in [0.717, 1.165) is 31.6 Å². The zero-order valence-electron chi connectivity index (χ0n) is 12.4. The molecule has 0 aromatic carbocycles. The Morgan fingerprint density at radius 2 is 2.00 bits per heavy atom. The lowest BCUT2D eigenvalue weighted by Crippen LogP contribution is -2.20. The van der Waals surface area contributed by atoms with Crippen LogP contribution in [0, 0.1) is 45.4 Å². The first kappa shape index (κ1) is 14.1. The van der Waals surface area contributed by atoms with E-state index in [4.69, 9.17) is 9.84 Å². The summed E-state index contributed by atoms with van der Waals surface area (Å²) >= 11 is 0. The average Bonchev–Trinajstić information content (AvgIpc) is 3.07. The predicted molar refractivity (Wildman–Crippen MR) is 79.3 cm³/mol. The summed E-state index contributed by atoms with van der Waals surface area (Å²) in [5, 5.41) is 4.73. The molecule has 1 saturated heterocycles. The molecule has 1 aromatic heterocycles. The molecule has 0 bridgehead atoms. The summed E-state index contributed by atoms with van der Waals surface area (Å²) in [6, 6.07) is 0. The molecular weight excluding hydrogens is 248 g/mol. The van der Waals surface area contributed by atoms with Crippen LogP contribution in [0.3, 0.4) is 0 Å². The number of nitrogens with zero attached hydrogens (tertiary/aromatic N) is 2. The van der Waals surface area contributed by atoms with Crippen LogP contribution in [-0.4, -0.2) is 16.4 Å². The van der Waals surface area contributed by atoms with Crippen LogP contribution in [0.2, 0.25) is 0 Å². The normalized spacial score (nSPS) is 24.4. The van der Waals surface area contributed by atoms with Gasteiger partial charge in [-0.15, -0.1) is 0 Å². The van der Waals surface area contributed by atoms with Crippen LogP contribution in [0.25, 0.3) is 0 Å². The first-order valence-electron chi connectivity index (χ1n) is 7.62. The molecule has 2 aliphatic rings. The van der Waals surface area contributed by atoms with Crippen LogP contribution in [0.5, 0.6) is 0 Å². The molecule has 1 saturated carbocycles. The first-order chi connectivity index (χ1) is 9.75. The number of rotatable bonds is 4. The highest BCUT2D eigenvalue weighted by molar-refractivity contribution is 5.36. The van der Waals surface area contributed by atoms with Gasteiger partial charge < -0.3 is 4.74 Å². The number of aromatic nitrogens is 2. The molecule has 1 aromatic rings. The second-order valence-electron chi connectivity index (χ2n) is 5.71. The molecule has 107 valence electrons. The van der Waals surface area contributed by atoms with E-state index in [2.05, 4.69) is 44.2 Å². The third kappa shape index (κ3) is 2.93. The van der Waals surface area contributed by atoms with Crippen LogP contribution >= 0.6 is 0 Å². The molecule has 3 nitrogen and oxygen atoms in total. The van der Waals surface area contributed by atoms with Gasteiger partial charge in [0, 0.05) is 12.3 Å². The van der Waals surface area contributed by atoms with Crippen molar-refractivity contribution in [3.8, 4) is 0 Å². The molecule has 0 spiro atoms. The summed E-state index contributed by atoms with van der Waals surface area (Å²) in [7, 11) is 0. The summed E-state index contributed by atoms with van der Waals surface area (Å²) in [5.74, 6) is 1.41. The van der Waals surface area contributed by atoms with E-state index < -0.39 is 0 Å². The minimum atomic E-state index is 0.148. The van der Waals surface area contributed by atoms with E-state index in [9.17, 15) is 0 Å². The topological polar surface area (TPSA) is 27.1 Å². The fourth-order valence-corrected chi connectivity index (χ4v) is 3.11. The zero-order valence-corrected chi connectivity index (χ0v) is 12.4. The molecule has 5 radical (unpaired) electrons. The predicted octanol–water partition coefficient (Wildman–Crippen LogP) is 3.54. The van der Waals surface area contributed by atoms with Gasteiger partial charge in [0.1, 0.15) is 6.23 Å². The molecule has 2 heterocycles.